The van der Waals surface area contributed by atoms with Crippen LogP contribution in [0.5, 0.6) is 0 Å². The number of carbonyl (C=O) groups is 4. The summed E-state index contributed by atoms with van der Waals surface area (Å²) in [6, 6.07) is 0. The maximum Gasteiger partial charge on any atom is 0.472 e. The van der Waals surface area contributed by atoms with Gasteiger partial charge in [0, 0.05) is 25.7 Å². The Labute approximate surface area is 670 Å². The lowest BCUT2D eigenvalue weighted by Crippen LogP contribution is -2.30. The van der Waals surface area contributed by atoms with Gasteiger partial charge in [-0.2, -0.15) is 0 Å². The van der Waals surface area contributed by atoms with Gasteiger partial charge in [0.2, 0.25) is 0 Å². The van der Waals surface area contributed by atoms with Gasteiger partial charge in [0.25, 0.3) is 0 Å². The number of hydrogen-bond donors (Lipinski definition) is 3. The lowest BCUT2D eigenvalue weighted by molar-refractivity contribution is -0.161. The first-order valence-electron chi connectivity index (χ1n) is 46.6. The summed E-state index contributed by atoms with van der Waals surface area (Å²) in [7, 11) is -9.94. The van der Waals surface area contributed by atoms with Gasteiger partial charge in [-0.15, -0.1) is 0 Å². The summed E-state index contributed by atoms with van der Waals surface area (Å²) < 4.78 is 69.1. The Morgan fingerprint density at radius 2 is 0.440 bits per heavy atom. The number of phosphoric ester groups is 2. The highest BCUT2D eigenvalue weighted by atomic mass is 31.2. The quantitative estimate of drug-likeness (QED) is 0.0222. The predicted molar refractivity (Wildman–Crippen MR) is 451 cm³/mol. The minimum atomic E-state index is -4.97. The molecule has 7 atom stereocenters. The highest BCUT2D eigenvalue weighted by Crippen LogP contribution is 2.45. The molecule has 0 aliphatic carbocycles. The van der Waals surface area contributed by atoms with Crippen molar-refractivity contribution >= 4 is 39.5 Å². The normalized spacial score (nSPS) is 14.2. The van der Waals surface area contributed by atoms with Crippen LogP contribution in [-0.4, -0.2) is 96.7 Å². The molecule has 0 radical (unpaired) electrons. The van der Waals surface area contributed by atoms with Gasteiger partial charge in [0.05, 0.1) is 26.4 Å². The molecule has 3 N–H and O–H groups in total. The summed E-state index contributed by atoms with van der Waals surface area (Å²) >= 11 is 0. The highest BCUT2D eigenvalue weighted by molar-refractivity contribution is 7.47. The maximum absolute atomic E-state index is 13.2. The fourth-order valence-corrected chi connectivity index (χ4v) is 15.6. The molecule has 0 rings (SSSR count). The van der Waals surface area contributed by atoms with Crippen LogP contribution in [0, 0.1) is 11.8 Å². The van der Waals surface area contributed by atoms with Crippen LogP contribution in [0.15, 0.2) is 0 Å². The van der Waals surface area contributed by atoms with Crippen molar-refractivity contribution in [2.24, 2.45) is 11.8 Å². The first-order valence-corrected chi connectivity index (χ1v) is 49.6. The van der Waals surface area contributed by atoms with E-state index < -0.39 is 97.5 Å². The Hall–Kier alpha value is -1.94. The molecule has 4 unspecified atom stereocenters. The minimum absolute atomic E-state index is 0.108. The summed E-state index contributed by atoms with van der Waals surface area (Å²) in [5, 5.41) is 10.7. The molecule has 19 heteroatoms. The zero-order chi connectivity index (χ0) is 79.9. The van der Waals surface area contributed by atoms with Crippen LogP contribution in [0.1, 0.15) is 485 Å². The Morgan fingerprint density at radius 1 is 0.257 bits per heavy atom. The second-order valence-electron chi connectivity index (χ2n) is 32.8. The van der Waals surface area contributed by atoms with E-state index in [-0.39, 0.29) is 25.7 Å². The lowest BCUT2D eigenvalue weighted by atomic mass is 9.99. The molecular weight excluding hydrogens is 1410 g/mol. The van der Waals surface area contributed by atoms with Crippen LogP contribution in [0.2, 0.25) is 0 Å². The van der Waals surface area contributed by atoms with Crippen molar-refractivity contribution in [2.45, 2.75) is 503 Å². The fourth-order valence-electron chi connectivity index (χ4n) is 14.1. The summed E-state index contributed by atoms with van der Waals surface area (Å²) in [6.45, 7) is 9.76. The molecule has 0 saturated carbocycles. The molecule has 0 bridgehead atoms. The minimum Gasteiger partial charge on any atom is -0.462 e. The van der Waals surface area contributed by atoms with E-state index in [4.69, 9.17) is 37.0 Å². The number of esters is 4. The third-order valence-corrected chi connectivity index (χ3v) is 23.8. The Kier molecular flexibility index (Phi) is 79.8. The van der Waals surface area contributed by atoms with Crippen LogP contribution >= 0.6 is 15.6 Å². The molecule has 0 aromatic heterocycles. The number of hydrogen-bond acceptors (Lipinski definition) is 15. The number of rotatable bonds is 89. The lowest BCUT2D eigenvalue weighted by Gasteiger charge is -2.21. The van der Waals surface area contributed by atoms with Gasteiger partial charge in [0.1, 0.15) is 19.3 Å². The molecule has 0 aliphatic heterocycles. The number of aliphatic hydroxyl groups is 1. The van der Waals surface area contributed by atoms with E-state index in [1.54, 1.807) is 0 Å². The molecule has 0 amide bonds. The van der Waals surface area contributed by atoms with E-state index in [9.17, 15) is 43.2 Å². The van der Waals surface area contributed by atoms with Gasteiger partial charge in [-0.1, -0.05) is 433 Å². The average molecular weight is 1590 g/mol. The molecule has 0 aromatic rings. The molecular formula is C90H176O17P2. The van der Waals surface area contributed by atoms with E-state index >= 15 is 0 Å². The summed E-state index contributed by atoms with van der Waals surface area (Å²) in [4.78, 5) is 73.4. The van der Waals surface area contributed by atoms with Crippen LogP contribution in [-0.2, 0) is 65.4 Å². The Balaban J connectivity index is 5.26. The van der Waals surface area contributed by atoms with Gasteiger partial charge < -0.3 is 33.8 Å². The van der Waals surface area contributed by atoms with Crippen LogP contribution in [0.25, 0.3) is 0 Å². The van der Waals surface area contributed by atoms with Crippen LogP contribution < -0.4 is 0 Å². The Morgan fingerprint density at radius 3 is 0.651 bits per heavy atom. The third-order valence-electron chi connectivity index (χ3n) is 21.9. The fraction of sp³-hybridized carbons (Fsp3) is 0.956. The van der Waals surface area contributed by atoms with Crippen molar-refractivity contribution in [1.29, 1.82) is 0 Å². The monoisotopic (exact) mass is 1590 g/mol. The van der Waals surface area contributed by atoms with E-state index in [1.165, 1.54) is 302 Å². The zero-order valence-electron chi connectivity index (χ0n) is 71.9. The molecule has 0 aromatic carbocycles. The first kappa shape index (κ1) is 107. The summed E-state index contributed by atoms with van der Waals surface area (Å²) in [6.07, 6.45) is 74.9. The molecule has 0 fully saturated rings. The predicted octanol–water partition coefficient (Wildman–Crippen LogP) is 27.8. The van der Waals surface area contributed by atoms with Crippen molar-refractivity contribution in [2.75, 3.05) is 39.6 Å². The number of ether oxygens (including phenoxy) is 4. The summed E-state index contributed by atoms with van der Waals surface area (Å²) in [5.74, 6) is -0.470. The zero-order valence-corrected chi connectivity index (χ0v) is 73.7. The molecule has 0 heterocycles. The van der Waals surface area contributed by atoms with Crippen molar-refractivity contribution in [3.8, 4) is 0 Å². The largest absolute Gasteiger partial charge is 0.472 e. The topological polar surface area (TPSA) is 237 Å². The molecule has 0 aliphatic rings. The second-order valence-corrected chi connectivity index (χ2v) is 35.7. The van der Waals surface area contributed by atoms with Crippen molar-refractivity contribution in [3.05, 3.63) is 0 Å². The SMILES string of the molecule is CCCCCCCCCCCCCCCCCCCCCCCC(=O)O[C@H](COC(=O)CCCCCCCCCCCCCCCCC(C)CC)COP(=O)(O)OC[C@@H](O)COP(=O)(O)OC[C@@H](COC(=O)CCCCCCCCCCC(C)CC)OC(=O)CCCCCCCCCCCCCCCCCCCC. The Bertz CT molecular complexity index is 2080. The van der Waals surface area contributed by atoms with Gasteiger partial charge in [-0.3, -0.25) is 37.3 Å². The molecule has 0 saturated heterocycles. The highest BCUT2D eigenvalue weighted by Gasteiger charge is 2.31. The maximum atomic E-state index is 13.2. The van der Waals surface area contributed by atoms with Crippen molar-refractivity contribution in [3.63, 3.8) is 0 Å². The number of aliphatic hydroxyl groups excluding tert-OH is 1. The van der Waals surface area contributed by atoms with Crippen molar-refractivity contribution in [1.82, 2.24) is 0 Å². The third kappa shape index (κ3) is 81.0. The number of phosphoric acid groups is 2. The van der Waals surface area contributed by atoms with Crippen LogP contribution in [0.3, 0.4) is 0 Å². The van der Waals surface area contributed by atoms with Gasteiger partial charge in [-0.05, 0) is 37.5 Å². The number of unbranched alkanes of at least 4 members (excludes halogenated alkanes) is 57. The van der Waals surface area contributed by atoms with Gasteiger partial charge >= 0.3 is 39.5 Å². The first-order chi connectivity index (χ1) is 52.9. The van der Waals surface area contributed by atoms with E-state index in [1.807, 2.05) is 0 Å². The molecule has 648 valence electrons. The van der Waals surface area contributed by atoms with Gasteiger partial charge in [0.15, 0.2) is 12.2 Å². The number of carbonyl (C=O) groups excluding carboxylic acids is 4. The average Bonchev–Trinajstić information content (AvgIpc) is 0.902. The second kappa shape index (κ2) is 81.2. The smallest absolute Gasteiger partial charge is 0.462 e. The van der Waals surface area contributed by atoms with E-state index in [0.29, 0.717) is 25.7 Å². The van der Waals surface area contributed by atoms with E-state index in [2.05, 4.69) is 41.5 Å². The molecule has 109 heavy (non-hydrogen) atoms. The molecule has 17 nitrogen and oxygen atoms in total. The van der Waals surface area contributed by atoms with E-state index in [0.717, 1.165) is 102 Å². The van der Waals surface area contributed by atoms with Crippen LogP contribution in [0.4, 0.5) is 0 Å². The van der Waals surface area contributed by atoms with Crippen molar-refractivity contribution < 1.29 is 80.2 Å². The summed E-state index contributed by atoms with van der Waals surface area (Å²) in [5.41, 5.74) is 0. The molecule has 0 spiro atoms. The van der Waals surface area contributed by atoms with Gasteiger partial charge in [-0.25, -0.2) is 9.13 Å². The standard InChI is InChI=1S/C90H176O17P2/c1-7-11-13-15-17-19-21-23-25-27-29-30-31-33-35-41-45-49-57-63-69-74-89(94)106-85(78-100-87(92)72-66-60-54-47-43-39-37-36-38-42-46-52-58-64-70-82(5)9-3)80-104-108(96,97)102-76-84(91)77-103-109(98,99)105-81-86(79-101-88(93)73-67-61-55-51-50-53-59-65-71-83(6)10-4)107-90(95)75-68-62-56-48-44-40-34-32-28-26-24-22-20-18-16-14-12-8-2/h82-86,91H,7-81H2,1-6H3,(H,96,97)(H,98,99)/t82?,83?,84-,85-,86-/m1/s1.